The maximum atomic E-state index is 11.5. The van der Waals surface area contributed by atoms with Crippen molar-refractivity contribution in [2.45, 2.75) is 57.8 Å². The summed E-state index contributed by atoms with van der Waals surface area (Å²) >= 11 is 0. The van der Waals surface area contributed by atoms with E-state index in [9.17, 15) is 4.79 Å². The number of carbonyl (C=O) groups excluding carboxylic acids is 1. The SMILES string of the molecule is O=C(NCCCCC1CCCC1)NCC1(CO)CC1. The summed E-state index contributed by atoms with van der Waals surface area (Å²) in [5.41, 5.74) is -0.000185. The molecule has 2 fully saturated rings. The molecule has 19 heavy (non-hydrogen) atoms. The fraction of sp³-hybridized carbons (Fsp3) is 0.933. The van der Waals surface area contributed by atoms with Gasteiger partial charge in [-0.05, 0) is 25.2 Å². The molecule has 2 aliphatic rings. The van der Waals surface area contributed by atoms with Crippen molar-refractivity contribution < 1.29 is 9.90 Å². The number of unbranched alkanes of at least 4 members (excludes halogenated alkanes) is 1. The van der Waals surface area contributed by atoms with Crippen molar-refractivity contribution in [3.05, 3.63) is 0 Å². The Morgan fingerprint density at radius 3 is 2.53 bits per heavy atom. The van der Waals surface area contributed by atoms with Crippen LogP contribution in [0.15, 0.2) is 0 Å². The van der Waals surface area contributed by atoms with Crippen molar-refractivity contribution in [1.82, 2.24) is 10.6 Å². The van der Waals surface area contributed by atoms with Gasteiger partial charge in [0.2, 0.25) is 0 Å². The Labute approximate surface area is 116 Å². The summed E-state index contributed by atoms with van der Waals surface area (Å²) in [5, 5.41) is 14.9. The molecule has 2 amide bonds. The first-order valence-electron chi connectivity index (χ1n) is 7.87. The van der Waals surface area contributed by atoms with Crippen LogP contribution in [-0.4, -0.2) is 30.8 Å². The van der Waals surface area contributed by atoms with Crippen LogP contribution in [0.3, 0.4) is 0 Å². The van der Waals surface area contributed by atoms with Crippen molar-refractivity contribution in [3.8, 4) is 0 Å². The lowest BCUT2D eigenvalue weighted by Gasteiger charge is -2.13. The van der Waals surface area contributed by atoms with Crippen molar-refractivity contribution in [2.75, 3.05) is 19.7 Å². The molecule has 0 unspecified atom stereocenters. The van der Waals surface area contributed by atoms with Crippen LogP contribution in [0, 0.1) is 11.3 Å². The van der Waals surface area contributed by atoms with Crippen molar-refractivity contribution >= 4 is 6.03 Å². The Kier molecular flexibility index (Phi) is 5.49. The zero-order valence-corrected chi connectivity index (χ0v) is 11.9. The number of carbonyl (C=O) groups is 1. The van der Waals surface area contributed by atoms with E-state index in [0.29, 0.717) is 6.54 Å². The first-order valence-corrected chi connectivity index (χ1v) is 7.87. The molecule has 0 bridgehead atoms. The van der Waals surface area contributed by atoms with Gasteiger partial charge in [-0.25, -0.2) is 4.79 Å². The van der Waals surface area contributed by atoms with Crippen LogP contribution in [-0.2, 0) is 0 Å². The number of aliphatic hydroxyl groups excluding tert-OH is 1. The van der Waals surface area contributed by atoms with E-state index in [0.717, 1.165) is 31.7 Å². The summed E-state index contributed by atoms with van der Waals surface area (Å²) in [4.78, 5) is 11.5. The van der Waals surface area contributed by atoms with E-state index in [2.05, 4.69) is 10.6 Å². The normalized spacial score (nSPS) is 21.3. The average molecular weight is 268 g/mol. The van der Waals surface area contributed by atoms with Crippen LogP contribution in [0.2, 0.25) is 0 Å². The number of rotatable bonds is 8. The minimum Gasteiger partial charge on any atom is -0.396 e. The van der Waals surface area contributed by atoms with Crippen LogP contribution >= 0.6 is 0 Å². The third-order valence-corrected chi connectivity index (χ3v) is 4.72. The highest BCUT2D eigenvalue weighted by Crippen LogP contribution is 2.44. The van der Waals surface area contributed by atoms with E-state index in [1.807, 2.05) is 0 Å². The number of hydrogen-bond acceptors (Lipinski definition) is 2. The Balaban J connectivity index is 1.43. The lowest BCUT2D eigenvalue weighted by atomic mass is 10.0. The van der Waals surface area contributed by atoms with Gasteiger partial charge in [-0.2, -0.15) is 0 Å². The van der Waals surface area contributed by atoms with Gasteiger partial charge in [0.1, 0.15) is 0 Å². The Bertz CT molecular complexity index is 284. The molecule has 0 aromatic heterocycles. The van der Waals surface area contributed by atoms with Crippen molar-refractivity contribution in [3.63, 3.8) is 0 Å². The van der Waals surface area contributed by atoms with Gasteiger partial charge in [-0.15, -0.1) is 0 Å². The molecule has 0 atom stereocenters. The van der Waals surface area contributed by atoms with Crippen LogP contribution < -0.4 is 10.6 Å². The van der Waals surface area contributed by atoms with Crippen molar-refractivity contribution in [1.29, 1.82) is 0 Å². The maximum Gasteiger partial charge on any atom is 0.314 e. The second-order valence-electron chi connectivity index (χ2n) is 6.41. The second-order valence-corrected chi connectivity index (χ2v) is 6.41. The van der Waals surface area contributed by atoms with Crippen LogP contribution in [0.4, 0.5) is 4.79 Å². The van der Waals surface area contributed by atoms with E-state index < -0.39 is 0 Å². The van der Waals surface area contributed by atoms with Crippen LogP contribution in [0.5, 0.6) is 0 Å². The third-order valence-electron chi connectivity index (χ3n) is 4.72. The molecule has 0 heterocycles. The smallest absolute Gasteiger partial charge is 0.314 e. The first kappa shape index (κ1) is 14.6. The molecule has 3 N–H and O–H groups in total. The molecular weight excluding hydrogens is 240 g/mol. The lowest BCUT2D eigenvalue weighted by Crippen LogP contribution is -2.39. The monoisotopic (exact) mass is 268 g/mol. The molecule has 110 valence electrons. The topological polar surface area (TPSA) is 61.4 Å². The minimum absolute atomic E-state index is 0.000185. The summed E-state index contributed by atoms with van der Waals surface area (Å²) in [6.07, 6.45) is 11.4. The number of amides is 2. The van der Waals surface area contributed by atoms with Gasteiger partial charge in [0.15, 0.2) is 0 Å². The largest absolute Gasteiger partial charge is 0.396 e. The quantitative estimate of drug-likeness (QED) is 0.592. The summed E-state index contributed by atoms with van der Waals surface area (Å²) in [5.74, 6) is 0.952. The molecule has 0 spiro atoms. The van der Waals surface area contributed by atoms with E-state index in [1.165, 1.54) is 38.5 Å². The van der Waals surface area contributed by atoms with E-state index in [4.69, 9.17) is 5.11 Å². The zero-order valence-electron chi connectivity index (χ0n) is 11.9. The second kappa shape index (κ2) is 7.13. The third kappa shape index (κ3) is 5.01. The molecule has 0 aromatic rings. The molecule has 0 aliphatic heterocycles. The molecular formula is C15H28N2O2. The highest BCUT2D eigenvalue weighted by atomic mass is 16.3. The summed E-state index contributed by atoms with van der Waals surface area (Å²) in [6.45, 7) is 1.57. The van der Waals surface area contributed by atoms with Gasteiger partial charge >= 0.3 is 6.03 Å². The molecule has 0 radical (unpaired) electrons. The first-order chi connectivity index (χ1) is 9.24. The van der Waals surface area contributed by atoms with Crippen LogP contribution in [0.25, 0.3) is 0 Å². The fourth-order valence-electron chi connectivity index (χ4n) is 2.96. The molecule has 4 nitrogen and oxygen atoms in total. The van der Waals surface area contributed by atoms with Gasteiger partial charge in [-0.1, -0.05) is 38.5 Å². The van der Waals surface area contributed by atoms with Crippen molar-refractivity contribution in [2.24, 2.45) is 11.3 Å². The number of urea groups is 1. The number of aliphatic hydroxyl groups is 1. The highest BCUT2D eigenvalue weighted by Gasteiger charge is 2.42. The Morgan fingerprint density at radius 1 is 1.16 bits per heavy atom. The van der Waals surface area contributed by atoms with E-state index in [-0.39, 0.29) is 18.1 Å². The van der Waals surface area contributed by atoms with Gasteiger partial charge in [0, 0.05) is 18.5 Å². The summed E-state index contributed by atoms with van der Waals surface area (Å²) in [6, 6.07) is -0.0828. The predicted molar refractivity (Wildman–Crippen MR) is 76.0 cm³/mol. The summed E-state index contributed by atoms with van der Waals surface area (Å²) < 4.78 is 0. The van der Waals surface area contributed by atoms with Gasteiger partial charge in [0.25, 0.3) is 0 Å². The van der Waals surface area contributed by atoms with E-state index in [1.54, 1.807) is 0 Å². The molecule has 2 saturated carbocycles. The van der Waals surface area contributed by atoms with Gasteiger partial charge in [0.05, 0.1) is 6.61 Å². The Morgan fingerprint density at radius 2 is 1.89 bits per heavy atom. The van der Waals surface area contributed by atoms with Gasteiger partial charge < -0.3 is 15.7 Å². The molecule has 4 heteroatoms. The van der Waals surface area contributed by atoms with Crippen LogP contribution in [0.1, 0.15) is 57.8 Å². The molecule has 0 aromatic carbocycles. The highest BCUT2D eigenvalue weighted by molar-refractivity contribution is 5.73. The fourth-order valence-corrected chi connectivity index (χ4v) is 2.96. The maximum absolute atomic E-state index is 11.5. The predicted octanol–water partition coefficient (Wildman–Crippen LogP) is 2.42. The van der Waals surface area contributed by atoms with Gasteiger partial charge in [-0.3, -0.25) is 0 Å². The number of hydrogen-bond donors (Lipinski definition) is 3. The molecule has 2 aliphatic carbocycles. The zero-order chi connectivity index (χ0) is 13.6. The minimum atomic E-state index is -0.0828. The van der Waals surface area contributed by atoms with E-state index >= 15 is 0 Å². The average Bonchev–Trinajstić information content (AvgIpc) is 3.03. The Hall–Kier alpha value is -0.770. The standard InChI is InChI=1S/C15H28N2O2/c18-12-15(8-9-15)11-17-14(19)16-10-4-3-7-13-5-1-2-6-13/h13,18H,1-12H2,(H2,16,17,19). The summed E-state index contributed by atoms with van der Waals surface area (Å²) in [7, 11) is 0. The number of nitrogens with one attached hydrogen (secondary N) is 2. The molecule has 2 rings (SSSR count). The lowest BCUT2D eigenvalue weighted by molar-refractivity contribution is 0.203. The molecule has 0 saturated heterocycles.